The molecule has 6 heteroatoms. The van der Waals surface area contributed by atoms with Crippen molar-refractivity contribution in [1.82, 2.24) is 5.43 Å². The zero-order valence-electron chi connectivity index (χ0n) is 14.3. The van der Waals surface area contributed by atoms with Crippen LogP contribution in [0.4, 0.5) is 5.69 Å². The van der Waals surface area contributed by atoms with Gasteiger partial charge in [0.1, 0.15) is 0 Å². The number of sulfone groups is 1. The highest BCUT2D eigenvalue weighted by Crippen LogP contribution is 2.18. The molecule has 2 aromatic rings. The molecule has 0 spiro atoms. The first-order valence-electron chi connectivity index (χ1n) is 7.68. The number of anilines is 1. The zero-order chi connectivity index (χ0) is 17.9. The predicted octanol–water partition coefficient (Wildman–Crippen LogP) is 2.88. The topological polar surface area (TPSA) is 66.5 Å². The normalized spacial score (nSPS) is 11.2. The zero-order valence-corrected chi connectivity index (χ0v) is 15.1. The summed E-state index contributed by atoms with van der Waals surface area (Å²) in [4.78, 5) is 12.7. The molecular weight excluding hydrogens is 324 g/mol. The number of nitrogens with zero attached hydrogens (tertiary/aromatic N) is 1. The minimum atomic E-state index is -3.37. The number of benzene rings is 2. The van der Waals surface area contributed by atoms with Crippen molar-refractivity contribution in [3.05, 3.63) is 59.2 Å². The van der Waals surface area contributed by atoms with Crippen molar-refractivity contribution in [2.24, 2.45) is 0 Å². The number of rotatable bonds is 5. The number of hydrazine groups is 1. The molecule has 0 aliphatic carbocycles. The van der Waals surface area contributed by atoms with Gasteiger partial charge >= 0.3 is 0 Å². The van der Waals surface area contributed by atoms with Crippen LogP contribution in [0.2, 0.25) is 0 Å². The first kappa shape index (κ1) is 18.0. The Morgan fingerprint density at radius 2 is 1.71 bits per heavy atom. The van der Waals surface area contributed by atoms with E-state index in [1.807, 2.05) is 38.1 Å². The minimum absolute atomic E-state index is 0.175. The third-order valence-electron chi connectivity index (χ3n) is 3.75. The first-order valence-corrected chi connectivity index (χ1v) is 9.57. The van der Waals surface area contributed by atoms with E-state index in [0.29, 0.717) is 17.7 Å². The fraction of sp³-hybridized carbons (Fsp3) is 0.278. The van der Waals surface area contributed by atoms with Gasteiger partial charge in [-0.2, -0.15) is 0 Å². The van der Waals surface area contributed by atoms with Crippen LogP contribution in [-0.4, -0.2) is 27.1 Å². The van der Waals surface area contributed by atoms with E-state index < -0.39 is 9.84 Å². The second-order valence-electron chi connectivity index (χ2n) is 5.77. The van der Waals surface area contributed by atoms with Gasteiger partial charge in [0.2, 0.25) is 0 Å². The number of nitrogens with one attached hydrogen (secondary N) is 1. The summed E-state index contributed by atoms with van der Waals surface area (Å²) in [6.45, 7) is 6.22. The van der Waals surface area contributed by atoms with Gasteiger partial charge < -0.3 is 0 Å². The molecule has 0 unspecified atom stereocenters. The molecule has 0 radical (unpaired) electrons. The van der Waals surface area contributed by atoms with Gasteiger partial charge in [-0.25, -0.2) is 8.42 Å². The molecule has 24 heavy (non-hydrogen) atoms. The van der Waals surface area contributed by atoms with E-state index >= 15 is 0 Å². The van der Waals surface area contributed by atoms with Gasteiger partial charge in [0.15, 0.2) is 9.84 Å². The summed E-state index contributed by atoms with van der Waals surface area (Å²) in [6.07, 6.45) is 1.14. The molecule has 5 nitrogen and oxygen atoms in total. The summed E-state index contributed by atoms with van der Waals surface area (Å²) in [7, 11) is -3.37. The molecule has 0 atom stereocenters. The summed E-state index contributed by atoms with van der Waals surface area (Å²) in [5.41, 5.74) is 5.76. The maximum atomic E-state index is 12.5. The fourth-order valence-corrected chi connectivity index (χ4v) is 3.37. The quantitative estimate of drug-likeness (QED) is 0.846. The maximum Gasteiger partial charge on any atom is 0.269 e. The van der Waals surface area contributed by atoms with Gasteiger partial charge in [0.05, 0.1) is 10.6 Å². The molecule has 1 amide bonds. The molecule has 2 aromatic carbocycles. The predicted molar refractivity (Wildman–Crippen MR) is 96.0 cm³/mol. The summed E-state index contributed by atoms with van der Waals surface area (Å²) in [5, 5.41) is 1.72. The second kappa shape index (κ2) is 7.05. The van der Waals surface area contributed by atoms with Crippen molar-refractivity contribution in [3.63, 3.8) is 0 Å². The van der Waals surface area contributed by atoms with Gasteiger partial charge in [0, 0.05) is 18.4 Å². The molecule has 0 aliphatic heterocycles. The van der Waals surface area contributed by atoms with Crippen LogP contribution in [0.3, 0.4) is 0 Å². The Hall–Kier alpha value is -2.34. The number of aryl methyl sites for hydroxylation is 2. The molecule has 128 valence electrons. The largest absolute Gasteiger partial charge is 0.286 e. The van der Waals surface area contributed by atoms with Crippen LogP contribution in [0.1, 0.15) is 28.4 Å². The number of hydrogen-bond acceptors (Lipinski definition) is 4. The lowest BCUT2D eigenvalue weighted by molar-refractivity contribution is 0.0949. The Bertz CT molecular complexity index is 843. The highest BCUT2D eigenvalue weighted by Gasteiger charge is 2.16. The van der Waals surface area contributed by atoms with Crippen molar-refractivity contribution >= 4 is 21.4 Å². The number of carbonyl (C=O) groups excluding carboxylic acids is 1. The Morgan fingerprint density at radius 1 is 1.08 bits per heavy atom. The van der Waals surface area contributed by atoms with E-state index in [4.69, 9.17) is 0 Å². The molecule has 0 bridgehead atoms. The van der Waals surface area contributed by atoms with Gasteiger partial charge in [-0.3, -0.25) is 15.2 Å². The van der Waals surface area contributed by atoms with Crippen molar-refractivity contribution < 1.29 is 13.2 Å². The molecule has 0 fully saturated rings. The van der Waals surface area contributed by atoms with Crippen LogP contribution in [0.25, 0.3) is 0 Å². The van der Waals surface area contributed by atoms with E-state index in [1.165, 1.54) is 6.07 Å². The van der Waals surface area contributed by atoms with Gasteiger partial charge in [-0.05, 0) is 50.6 Å². The van der Waals surface area contributed by atoms with Crippen LogP contribution < -0.4 is 10.4 Å². The highest BCUT2D eigenvalue weighted by atomic mass is 32.2. The first-order chi connectivity index (χ1) is 11.2. The average molecular weight is 346 g/mol. The number of amides is 1. The van der Waals surface area contributed by atoms with E-state index in [-0.39, 0.29) is 10.8 Å². The molecule has 0 aliphatic rings. The molecule has 0 aromatic heterocycles. The monoisotopic (exact) mass is 346 g/mol. The minimum Gasteiger partial charge on any atom is -0.286 e. The number of hydrogen-bond donors (Lipinski definition) is 1. The molecule has 2 rings (SSSR count). The van der Waals surface area contributed by atoms with Gasteiger partial charge in [-0.1, -0.05) is 23.8 Å². The Labute approximate surface area is 143 Å². The van der Waals surface area contributed by atoms with Crippen LogP contribution in [-0.2, 0) is 9.84 Å². The van der Waals surface area contributed by atoms with Crippen molar-refractivity contribution in [2.45, 2.75) is 25.7 Å². The Kier molecular flexibility index (Phi) is 5.29. The molecular formula is C18H22N2O3S. The average Bonchev–Trinajstić information content (AvgIpc) is 2.52. The third kappa shape index (κ3) is 4.14. The standard InChI is InChI=1S/C18H22N2O3S/c1-5-20(16-10-6-13(2)7-11-16)19-18(21)15-9-8-14(3)17(12-15)24(4,22)23/h6-12H,5H2,1-4H3,(H,19,21). The van der Waals surface area contributed by atoms with Crippen LogP contribution in [0.5, 0.6) is 0 Å². The Balaban J connectivity index is 2.27. The second-order valence-corrected chi connectivity index (χ2v) is 7.76. The van der Waals surface area contributed by atoms with Gasteiger partial charge in [-0.15, -0.1) is 0 Å². The van der Waals surface area contributed by atoms with E-state index in [1.54, 1.807) is 24.1 Å². The molecule has 0 heterocycles. The van der Waals surface area contributed by atoms with E-state index in [2.05, 4.69) is 5.43 Å². The van der Waals surface area contributed by atoms with Crippen LogP contribution in [0, 0.1) is 13.8 Å². The van der Waals surface area contributed by atoms with Crippen molar-refractivity contribution in [3.8, 4) is 0 Å². The lowest BCUT2D eigenvalue weighted by Gasteiger charge is -2.24. The van der Waals surface area contributed by atoms with E-state index in [9.17, 15) is 13.2 Å². The molecule has 0 saturated carbocycles. The SMILES string of the molecule is CCN(NC(=O)c1ccc(C)c(S(C)(=O)=O)c1)c1ccc(C)cc1. The summed E-state index contributed by atoms with van der Waals surface area (Å²) >= 11 is 0. The fourth-order valence-electron chi connectivity index (χ4n) is 2.38. The summed E-state index contributed by atoms with van der Waals surface area (Å²) < 4.78 is 23.6. The summed E-state index contributed by atoms with van der Waals surface area (Å²) in [5.74, 6) is -0.345. The smallest absolute Gasteiger partial charge is 0.269 e. The Morgan fingerprint density at radius 3 is 2.25 bits per heavy atom. The van der Waals surface area contributed by atoms with Crippen LogP contribution >= 0.6 is 0 Å². The lowest BCUT2D eigenvalue weighted by Crippen LogP contribution is -2.42. The molecule has 0 saturated heterocycles. The summed E-state index contributed by atoms with van der Waals surface area (Å²) in [6, 6.07) is 12.5. The third-order valence-corrected chi connectivity index (χ3v) is 4.99. The van der Waals surface area contributed by atoms with Crippen molar-refractivity contribution in [1.29, 1.82) is 0 Å². The van der Waals surface area contributed by atoms with E-state index in [0.717, 1.165) is 17.5 Å². The van der Waals surface area contributed by atoms with Crippen molar-refractivity contribution in [2.75, 3.05) is 17.8 Å². The maximum absolute atomic E-state index is 12.5. The lowest BCUT2D eigenvalue weighted by atomic mass is 10.1. The highest BCUT2D eigenvalue weighted by molar-refractivity contribution is 7.90. The molecule has 1 N–H and O–H groups in total. The number of carbonyl (C=O) groups is 1. The van der Waals surface area contributed by atoms with Crippen LogP contribution in [0.15, 0.2) is 47.4 Å². The van der Waals surface area contributed by atoms with Gasteiger partial charge in [0.25, 0.3) is 5.91 Å².